The number of nitriles is 1. The third-order valence-electron chi connectivity index (χ3n) is 7.13. The molecule has 0 amide bonds. The Hall–Kier alpha value is -4.15. The van der Waals surface area contributed by atoms with Gasteiger partial charge in [0.2, 0.25) is 0 Å². The third kappa shape index (κ3) is 6.66. The molecule has 0 bridgehead atoms. The van der Waals surface area contributed by atoms with Crippen LogP contribution in [0, 0.1) is 28.9 Å². The summed E-state index contributed by atoms with van der Waals surface area (Å²) >= 11 is -1.74. The number of halogens is 8. The Morgan fingerprint density at radius 1 is 0.886 bits per heavy atom. The second-order valence-corrected chi connectivity index (χ2v) is 11.8. The number of alkyl halides is 6. The highest BCUT2D eigenvalue weighted by molar-refractivity contribution is 7.91. The van der Waals surface area contributed by atoms with E-state index in [0.29, 0.717) is 16.7 Å². The minimum atomic E-state index is -5.14. The number of benzene rings is 3. The monoisotopic (exact) mass is 636 g/mol. The minimum Gasteiger partial charge on any atom is -0.611 e. The van der Waals surface area contributed by atoms with Gasteiger partial charge in [0.15, 0.2) is 4.90 Å². The molecule has 3 aromatic carbocycles. The summed E-state index contributed by atoms with van der Waals surface area (Å²) in [5.41, 5.74) is -5.96. The van der Waals surface area contributed by atoms with Crippen LogP contribution in [0.1, 0.15) is 35.1 Å². The van der Waals surface area contributed by atoms with Crippen molar-refractivity contribution in [3.8, 4) is 28.5 Å². The molecule has 1 saturated carbocycles. The van der Waals surface area contributed by atoms with Gasteiger partial charge in [-0.05, 0) is 65.0 Å². The van der Waals surface area contributed by atoms with Gasteiger partial charge in [-0.15, -0.1) is 0 Å². The van der Waals surface area contributed by atoms with Crippen molar-refractivity contribution in [1.29, 1.82) is 5.26 Å². The first kappa shape index (κ1) is 31.3. The fraction of sp³-hybridized carbons (Fsp3) is 0.226. The maximum absolute atomic E-state index is 14.5. The molecule has 0 saturated heterocycles. The molecule has 0 N–H and O–H groups in total. The number of nitrogens with zero attached hydrogens (tertiary/aromatic N) is 2. The van der Waals surface area contributed by atoms with Gasteiger partial charge in [-0.3, -0.25) is 4.79 Å². The molecular weight excluding hydrogens is 616 g/mol. The van der Waals surface area contributed by atoms with E-state index >= 15 is 0 Å². The molecule has 1 heterocycles. The van der Waals surface area contributed by atoms with Crippen LogP contribution >= 0.6 is 0 Å². The van der Waals surface area contributed by atoms with Gasteiger partial charge < -0.3 is 9.12 Å². The second-order valence-electron chi connectivity index (χ2n) is 10.3. The summed E-state index contributed by atoms with van der Waals surface area (Å²) in [4.78, 5) is 13.2. The topological polar surface area (TPSA) is 68.8 Å². The molecule has 5 rings (SSSR count). The smallest absolute Gasteiger partial charge is 0.417 e. The van der Waals surface area contributed by atoms with E-state index in [-0.39, 0.29) is 38.8 Å². The van der Waals surface area contributed by atoms with Crippen molar-refractivity contribution >= 4 is 11.2 Å². The van der Waals surface area contributed by atoms with E-state index in [1.807, 2.05) is 0 Å². The molecular formula is C31H20F8N2O2S. The SMILES string of the molecule is N#Cc1c(C(F)(F)F)cc(-c2cccc(-c3cc([S+]([O-])CC4CC4)cc(C(F)(F)F)c3)c2)n(Cc2ccc(F)cc2F)c1=O. The first-order chi connectivity index (χ1) is 20.7. The van der Waals surface area contributed by atoms with Crippen LogP contribution in [0.15, 0.2) is 76.4 Å². The van der Waals surface area contributed by atoms with Crippen molar-refractivity contribution in [1.82, 2.24) is 4.57 Å². The van der Waals surface area contributed by atoms with Crippen LogP contribution in [-0.4, -0.2) is 14.9 Å². The maximum Gasteiger partial charge on any atom is 0.417 e. The highest BCUT2D eigenvalue weighted by atomic mass is 32.2. The zero-order valence-corrected chi connectivity index (χ0v) is 23.2. The van der Waals surface area contributed by atoms with E-state index in [2.05, 4.69) is 0 Å². The maximum atomic E-state index is 14.5. The molecule has 0 spiro atoms. The predicted molar refractivity (Wildman–Crippen MR) is 146 cm³/mol. The summed E-state index contributed by atoms with van der Waals surface area (Å²) in [6.07, 6.45) is -8.28. The molecule has 4 aromatic rings. The Morgan fingerprint density at radius 3 is 2.20 bits per heavy atom. The Morgan fingerprint density at radius 2 is 1.59 bits per heavy atom. The van der Waals surface area contributed by atoms with E-state index in [1.165, 1.54) is 36.4 Å². The molecule has 1 aliphatic rings. The van der Waals surface area contributed by atoms with Gasteiger partial charge in [0, 0.05) is 29.7 Å². The zero-order chi connectivity index (χ0) is 32.0. The van der Waals surface area contributed by atoms with E-state index in [4.69, 9.17) is 0 Å². The summed E-state index contributed by atoms with van der Waals surface area (Å²) in [7, 11) is 0. The molecule has 1 aliphatic carbocycles. The second kappa shape index (κ2) is 11.7. The van der Waals surface area contributed by atoms with Crippen molar-refractivity contribution in [2.45, 2.75) is 36.6 Å². The summed E-state index contributed by atoms with van der Waals surface area (Å²) in [6.45, 7) is -0.689. The van der Waals surface area contributed by atoms with Crippen LogP contribution in [-0.2, 0) is 30.1 Å². The minimum absolute atomic E-state index is 0.0241. The van der Waals surface area contributed by atoms with Crippen LogP contribution in [0.2, 0.25) is 0 Å². The predicted octanol–water partition coefficient (Wildman–Crippen LogP) is 7.94. The molecule has 0 aliphatic heterocycles. The summed E-state index contributed by atoms with van der Waals surface area (Å²) in [5.74, 6) is -1.68. The Balaban J connectivity index is 1.69. The lowest BCUT2D eigenvalue weighted by Gasteiger charge is -2.19. The Kier molecular flexibility index (Phi) is 8.35. The zero-order valence-electron chi connectivity index (χ0n) is 22.4. The van der Waals surface area contributed by atoms with Crippen LogP contribution in [0.5, 0.6) is 0 Å². The number of hydrogen-bond acceptors (Lipinski definition) is 3. The molecule has 1 aromatic heterocycles. The van der Waals surface area contributed by atoms with E-state index in [9.17, 15) is 49.7 Å². The lowest BCUT2D eigenvalue weighted by Crippen LogP contribution is -2.29. The van der Waals surface area contributed by atoms with Crippen LogP contribution in [0.4, 0.5) is 35.1 Å². The van der Waals surface area contributed by atoms with Gasteiger partial charge in [-0.25, -0.2) is 8.78 Å². The highest BCUT2D eigenvalue weighted by Gasteiger charge is 2.37. The van der Waals surface area contributed by atoms with Gasteiger partial charge in [0.05, 0.1) is 23.4 Å². The van der Waals surface area contributed by atoms with Gasteiger partial charge >= 0.3 is 12.4 Å². The lowest BCUT2D eigenvalue weighted by molar-refractivity contribution is -0.138. The number of rotatable bonds is 7. The molecule has 44 heavy (non-hydrogen) atoms. The first-order valence-electron chi connectivity index (χ1n) is 13.1. The third-order valence-corrected chi connectivity index (χ3v) is 8.67. The van der Waals surface area contributed by atoms with Crippen LogP contribution < -0.4 is 5.56 Å². The molecule has 13 heteroatoms. The largest absolute Gasteiger partial charge is 0.611 e. The Labute approximate surface area is 248 Å². The number of hydrogen-bond donors (Lipinski definition) is 0. The quantitative estimate of drug-likeness (QED) is 0.153. The fourth-order valence-corrected chi connectivity index (χ4v) is 6.18. The van der Waals surface area contributed by atoms with Gasteiger partial charge in [0.25, 0.3) is 5.56 Å². The highest BCUT2D eigenvalue weighted by Crippen LogP contribution is 2.39. The van der Waals surface area contributed by atoms with Crippen LogP contribution in [0.3, 0.4) is 0 Å². The lowest BCUT2D eigenvalue weighted by atomic mass is 9.98. The van der Waals surface area contributed by atoms with Crippen LogP contribution in [0.25, 0.3) is 22.4 Å². The van der Waals surface area contributed by atoms with Crippen molar-refractivity contribution in [3.63, 3.8) is 0 Å². The standard InChI is InChI=1S/C31H20F8N2O2S/c32-23-7-6-20(27(33)12-23)15-41-28(13-26(31(37,38)39)25(14-40)29(41)42)19-3-1-2-18(8-19)21-9-22(30(34,35)36)11-24(10-21)44(43)16-17-4-5-17/h1-3,6-13,17H,4-5,15-16H2. The van der Waals surface area contributed by atoms with Gasteiger partial charge in [-0.1, -0.05) is 24.3 Å². The number of aromatic nitrogens is 1. The van der Waals surface area contributed by atoms with Gasteiger partial charge in [-0.2, -0.15) is 31.6 Å². The molecule has 1 atom stereocenters. The van der Waals surface area contributed by atoms with Crippen molar-refractivity contribution < 1.29 is 39.7 Å². The summed E-state index contributed by atoms with van der Waals surface area (Å²) < 4.78 is 125. The van der Waals surface area contributed by atoms with E-state index in [0.717, 1.165) is 37.1 Å². The molecule has 4 nitrogen and oxygen atoms in total. The summed E-state index contributed by atoms with van der Waals surface area (Å²) in [6, 6.07) is 12.4. The number of pyridine rings is 1. The van der Waals surface area contributed by atoms with E-state index in [1.54, 1.807) is 0 Å². The van der Waals surface area contributed by atoms with Crippen molar-refractivity contribution in [2.75, 3.05) is 5.75 Å². The van der Waals surface area contributed by atoms with E-state index < -0.39 is 69.7 Å². The van der Waals surface area contributed by atoms with Crippen molar-refractivity contribution in [2.24, 2.45) is 5.92 Å². The molecule has 0 radical (unpaired) electrons. The average Bonchev–Trinajstić information content (AvgIpc) is 3.78. The van der Waals surface area contributed by atoms with Crippen molar-refractivity contribution in [3.05, 3.63) is 111 Å². The fourth-order valence-electron chi connectivity index (χ4n) is 4.71. The Bertz CT molecular complexity index is 1840. The van der Waals surface area contributed by atoms with Gasteiger partial charge in [0.1, 0.15) is 29.0 Å². The molecule has 1 unspecified atom stereocenters. The molecule has 1 fully saturated rings. The first-order valence-corrected chi connectivity index (χ1v) is 14.4. The summed E-state index contributed by atoms with van der Waals surface area (Å²) in [5, 5.41) is 9.42. The normalized spacial score (nSPS) is 14.4. The average molecular weight is 637 g/mol. The molecule has 228 valence electrons.